The second-order valence-electron chi connectivity index (χ2n) is 5.18. The van der Waals surface area contributed by atoms with Crippen LogP contribution in [0.5, 0.6) is 0 Å². The number of rotatable bonds is 5. The molecule has 0 atom stereocenters. The fourth-order valence-corrected chi connectivity index (χ4v) is 3.17. The van der Waals surface area contributed by atoms with E-state index in [1.165, 1.54) is 11.5 Å². The number of anilines is 1. The van der Waals surface area contributed by atoms with Gasteiger partial charge in [-0.3, -0.25) is 4.79 Å². The number of aromatic nitrogens is 1. The molecule has 124 valence electrons. The van der Waals surface area contributed by atoms with E-state index in [1.807, 2.05) is 43.3 Å². The van der Waals surface area contributed by atoms with Gasteiger partial charge in [-0.05, 0) is 54.9 Å². The van der Waals surface area contributed by atoms with Crippen LogP contribution in [0.25, 0.3) is 11.3 Å². The van der Waals surface area contributed by atoms with Gasteiger partial charge in [0.15, 0.2) is 0 Å². The van der Waals surface area contributed by atoms with Crippen molar-refractivity contribution < 1.29 is 9.21 Å². The molecule has 7 heteroatoms. The number of nitrogens with one attached hydrogen (secondary N) is 2. The number of halogens is 1. The van der Waals surface area contributed by atoms with Crippen LogP contribution in [0.3, 0.4) is 0 Å². The third kappa shape index (κ3) is 3.44. The van der Waals surface area contributed by atoms with Gasteiger partial charge in [-0.25, -0.2) is 0 Å². The summed E-state index contributed by atoms with van der Waals surface area (Å²) in [6, 6.07) is 11.1. The van der Waals surface area contributed by atoms with E-state index in [-0.39, 0.29) is 5.91 Å². The van der Waals surface area contributed by atoms with Crippen molar-refractivity contribution in [1.82, 2.24) is 9.69 Å². The number of amides is 1. The average molecular weight is 362 g/mol. The van der Waals surface area contributed by atoms with Crippen molar-refractivity contribution in [2.24, 2.45) is 0 Å². The Labute approximate surface area is 148 Å². The summed E-state index contributed by atoms with van der Waals surface area (Å²) >= 11 is 7.16. The topological polar surface area (TPSA) is 67.2 Å². The molecule has 2 aromatic heterocycles. The van der Waals surface area contributed by atoms with Gasteiger partial charge >= 0.3 is 0 Å². The van der Waals surface area contributed by atoms with Gasteiger partial charge in [0.2, 0.25) is 0 Å². The quantitative estimate of drug-likeness (QED) is 0.709. The highest BCUT2D eigenvalue weighted by Crippen LogP contribution is 2.25. The summed E-state index contributed by atoms with van der Waals surface area (Å²) in [6.45, 7) is 2.13. The minimum atomic E-state index is -0.171. The van der Waals surface area contributed by atoms with E-state index in [1.54, 1.807) is 7.05 Å². The first kappa shape index (κ1) is 16.5. The van der Waals surface area contributed by atoms with Gasteiger partial charge in [-0.1, -0.05) is 11.6 Å². The van der Waals surface area contributed by atoms with E-state index < -0.39 is 0 Å². The molecule has 24 heavy (non-hydrogen) atoms. The summed E-state index contributed by atoms with van der Waals surface area (Å²) < 4.78 is 9.98. The molecule has 0 saturated heterocycles. The van der Waals surface area contributed by atoms with Crippen LogP contribution in [0.15, 0.2) is 40.8 Å². The molecule has 0 saturated carbocycles. The highest BCUT2D eigenvalue weighted by molar-refractivity contribution is 7.10. The van der Waals surface area contributed by atoms with Crippen LogP contribution >= 0.6 is 23.1 Å². The molecule has 3 rings (SSSR count). The number of aryl methyl sites for hydroxylation is 1. The zero-order valence-corrected chi connectivity index (χ0v) is 14.8. The standard InChI is InChI=1S/C17H16ClN3O2S/c1-10-15(17(19-2)24-21-10)16(22)20-9-13-7-8-14(23-13)11-3-5-12(18)6-4-11/h3-8,19H,9H2,1-2H3,(H,20,22). The van der Waals surface area contributed by atoms with E-state index in [0.717, 1.165) is 16.3 Å². The van der Waals surface area contributed by atoms with Gasteiger partial charge in [-0.2, -0.15) is 4.37 Å². The highest BCUT2D eigenvalue weighted by Gasteiger charge is 2.17. The zero-order valence-electron chi connectivity index (χ0n) is 13.2. The van der Waals surface area contributed by atoms with Gasteiger partial charge < -0.3 is 15.1 Å². The summed E-state index contributed by atoms with van der Waals surface area (Å²) in [5.74, 6) is 1.25. The van der Waals surface area contributed by atoms with Crippen LogP contribution < -0.4 is 10.6 Å². The van der Waals surface area contributed by atoms with Gasteiger partial charge in [0, 0.05) is 17.6 Å². The smallest absolute Gasteiger partial charge is 0.256 e. The number of carbonyl (C=O) groups excluding carboxylic acids is 1. The van der Waals surface area contributed by atoms with Crippen LogP contribution in [0, 0.1) is 6.92 Å². The van der Waals surface area contributed by atoms with E-state index in [2.05, 4.69) is 15.0 Å². The Hall–Kier alpha value is -2.31. The minimum Gasteiger partial charge on any atom is -0.459 e. The molecule has 0 aliphatic rings. The summed E-state index contributed by atoms with van der Waals surface area (Å²) in [5, 5.41) is 7.28. The van der Waals surface area contributed by atoms with E-state index >= 15 is 0 Å². The maximum absolute atomic E-state index is 12.4. The first-order valence-electron chi connectivity index (χ1n) is 7.35. The lowest BCUT2D eigenvalue weighted by Gasteiger charge is -2.05. The lowest BCUT2D eigenvalue weighted by atomic mass is 10.2. The Balaban J connectivity index is 1.68. The number of benzene rings is 1. The van der Waals surface area contributed by atoms with Gasteiger partial charge in [-0.15, -0.1) is 0 Å². The van der Waals surface area contributed by atoms with Crippen LogP contribution in [0.1, 0.15) is 21.8 Å². The fourth-order valence-electron chi connectivity index (χ4n) is 2.31. The van der Waals surface area contributed by atoms with Crippen molar-refractivity contribution in [3.05, 3.63) is 58.4 Å². The largest absolute Gasteiger partial charge is 0.459 e. The van der Waals surface area contributed by atoms with E-state index in [0.29, 0.717) is 28.6 Å². The molecule has 1 amide bonds. The molecule has 1 aromatic carbocycles. The molecule has 2 N–H and O–H groups in total. The van der Waals surface area contributed by atoms with Crippen molar-refractivity contribution in [1.29, 1.82) is 0 Å². The first-order valence-corrected chi connectivity index (χ1v) is 8.50. The SMILES string of the molecule is CNc1snc(C)c1C(=O)NCc1ccc(-c2ccc(Cl)cc2)o1. The molecule has 0 radical (unpaired) electrons. The fraction of sp³-hybridized carbons (Fsp3) is 0.176. The van der Waals surface area contributed by atoms with Crippen LogP contribution in [-0.4, -0.2) is 17.3 Å². The summed E-state index contributed by atoms with van der Waals surface area (Å²) in [6.07, 6.45) is 0. The molecule has 0 aliphatic carbocycles. The van der Waals surface area contributed by atoms with Crippen molar-refractivity contribution in [3.8, 4) is 11.3 Å². The summed E-state index contributed by atoms with van der Waals surface area (Å²) in [7, 11) is 1.77. The summed E-state index contributed by atoms with van der Waals surface area (Å²) in [5.41, 5.74) is 2.22. The van der Waals surface area contributed by atoms with Crippen molar-refractivity contribution in [2.75, 3.05) is 12.4 Å². The van der Waals surface area contributed by atoms with E-state index in [4.69, 9.17) is 16.0 Å². The molecule has 0 aliphatic heterocycles. The monoisotopic (exact) mass is 361 g/mol. The third-order valence-electron chi connectivity index (χ3n) is 3.53. The number of nitrogens with zero attached hydrogens (tertiary/aromatic N) is 1. The maximum Gasteiger partial charge on any atom is 0.256 e. The van der Waals surface area contributed by atoms with Crippen molar-refractivity contribution in [2.45, 2.75) is 13.5 Å². The first-order chi connectivity index (χ1) is 11.6. The highest BCUT2D eigenvalue weighted by atomic mass is 35.5. The number of hydrogen-bond donors (Lipinski definition) is 2. The van der Waals surface area contributed by atoms with Crippen molar-refractivity contribution >= 4 is 34.0 Å². The molecule has 5 nitrogen and oxygen atoms in total. The van der Waals surface area contributed by atoms with Crippen LogP contribution in [0.4, 0.5) is 5.00 Å². The lowest BCUT2D eigenvalue weighted by Crippen LogP contribution is -2.23. The third-order valence-corrected chi connectivity index (χ3v) is 4.74. The van der Waals surface area contributed by atoms with Gasteiger partial charge in [0.25, 0.3) is 5.91 Å². The number of hydrogen-bond acceptors (Lipinski definition) is 5. The Morgan fingerprint density at radius 3 is 2.71 bits per heavy atom. The van der Waals surface area contributed by atoms with Crippen molar-refractivity contribution in [3.63, 3.8) is 0 Å². The number of furan rings is 1. The van der Waals surface area contributed by atoms with Gasteiger partial charge in [0.05, 0.1) is 17.8 Å². The molecule has 0 unspecified atom stereocenters. The molecular formula is C17H16ClN3O2S. The Bertz CT molecular complexity index is 855. The molecule has 0 fully saturated rings. The Kier molecular flexibility index (Phi) is 4.87. The molecular weight excluding hydrogens is 346 g/mol. The Morgan fingerprint density at radius 2 is 2.00 bits per heavy atom. The zero-order chi connectivity index (χ0) is 17.1. The number of carbonyl (C=O) groups is 1. The molecule has 3 aromatic rings. The predicted octanol–water partition coefficient (Wildman–Crippen LogP) is 4.34. The molecule has 2 heterocycles. The van der Waals surface area contributed by atoms with Gasteiger partial charge in [0.1, 0.15) is 16.5 Å². The average Bonchev–Trinajstić information content (AvgIpc) is 3.20. The maximum atomic E-state index is 12.4. The van der Waals surface area contributed by atoms with Crippen LogP contribution in [0.2, 0.25) is 5.02 Å². The second kappa shape index (κ2) is 7.07. The Morgan fingerprint density at radius 1 is 1.25 bits per heavy atom. The minimum absolute atomic E-state index is 0.171. The molecule has 0 spiro atoms. The van der Waals surface area contributed by atoms with Crippen LogP contribution in [-0.2, 0) is 6.54 Å². The normalized spacial score (nSPS) is 10.6. The van der Waals surface area contributed by atoms with E-state index in [9.17, 15) is 4.79 Å². The second-order valence-corrected chi connectivity index (χ2v) is 6.39. The lowest BCUT2D eigenvalue weighted by molar-refractivity contribution is 0.0948. The predicted molar refractivity (Wildman–Crippen MR) is 96.7 cm³/mol. The molecule has 0 bridgehead atoms. The summed E-state index contributed by atoms with van der Waals surface area (Å²) in [4.78, 5) is 12.4.